The van der Waals surface area contributed by atoms with Crippen molar-refractivity contribution in [3.05, 3.63) is 27.9 Å². The van der Waals surface area contributed by atoms with E-state index in [0.29, 0.717) is 5.92 Å². The van der Waals surface area contributed by atoms with Gasteiger partial charge in [0.1, 0.15) is 0 Å². The molecule has 1 heterocycles. The molecule has 2 N–H and O–H groups in total. The maximum atomic E-state index is 11.0. The first kappa shape index (κ1) is 13.3. The Hall–Kier alpha value is -2.18. The van der Waals surface area contributed by atoms with Crippen LogP contribution in [0.25, 0.3) is 0 Å². The van der Waals surface area contributed by atoms with Gasteiger partial charge in [0.05, 0.1) is 10.5 Å². The average Bonchev–Trinajstić information content (AvgIpc) is 2.75. The van der Waals surface area contributed by atoms with Crippen molar-refractivity contribution in [3.8, 4) is 0 Å². The van der Waals surface area contributed by atoms with E-state index < -0.39 is 10.9 Å². The van der Waals surface area contributed by atoms with E-state index in [9.17, 15) is 14.9 Å². The molecule has 1 aliphatic rings. The summed E-state index contributed by atoms with van der Waals surface area (Å²) < 4.78 is 0. The van der Waals surface area contributed by atoms with Gasteiger partial charge in [-0.1, -0.05) is 13.3 Å². The van der Waals surface area contributed by atoms with Crippen molar-refractivity contribution in [1.29, 1.82) is 0 Å². The highest BCUT2D eigenvalue weighted by atomic mass is 16.6. The number of aromatic nitrogens is 1. The summed E-state index contributed by atoms with van der Waals surface area (Å²) in [6, 6.07) is 1.19. The van der Waals surface area contributed by atoms with Crippen LogP contribution in [-0.4, -0.2) is 27.0 Å². The number of aromatic carboxylic acids is 1. The zero-order valence-corrected chi connectivity index (χ0v) is 10.5. The van der Waals surface area contributed by atoms with E-state index in [2.05, 4.69) is 17.2 Å². The lowest BCUT2D eigenvalue weighted by molar-refractivity contribution is -0.384. The van der Waals surface area contributed by atoms with Crippen LogP contribution in [0.5, 0.6) is 0 Å². The largest absolute Gasteiger partial charge is 0.478 e. The van der Waals surface area contributed by atoms with Gasteiger partial charge in [0, 0.05) is 18.3 Å². The van der Waals surface area contributed by atoms with E-state index in [1.165, 1.54) is 0 Å². The maximum Gasteiger partial charge on any atom is 0.337 e. The first-order valence-corrected chi connectivity index (χ1v) is 6.13. The van der Waals surface area contributed by atoms with Crippen molar-refractivity contribution in [2.24, 2.45) is 5.92 Å². The Labute approximate surface area is 109 Å². The third-order valence-corrected chi connectivity index (χ3v) is 3.49. The summed E-state index contributed by atoms with van der Waals surface area (Å²) in [5.41, 5.74) is -0.476. The first-order chi connectivity index (χ1) is 8.99. The average molecular weight is 265 g/mol. The van der Waals surface area contributed by atoms with Crippen molar-refractivity contribution in [2.45, 2.75) is 32.2 Å². The van der Waals surface area contributed by atoms with Gasteiger partial charge in [-0.25, -0.2) is 9.78 Å². The Kier molecular flexibility index (Phi) is 3.64. The minimum Gasteiger partial charge on any atom is -0.478 e. The van der Waals surface area contributed by atoms with Gasteiger partial charge in [-0.3, -0.25) is 10.1 Å². The second-order valence-corrected chi connectivity index (χ2v) is 4.81. The molecule has 1 aliphatic carbocycles. The Balaban J connectivity index is 2.29. The van der Waals surface area contributed by atoms with E-state index in [4.69, 9.17) is 5.11 Å². The number of carboxylic acid groups (broad SMARTS) is 1. The molecule has 0 aromatic carbocycles. The van der Waals surface area contributed by atoms with Crippen LogP contribution in [0.2, 0.25) is 0 Å². The highest BCUT2D eigenvalue weighted by Crippen LogP contribution is 2.30. The van der Waals surface area contributed by atoms with Gasteiger partial charge < -0.3 is 10.4 Å². The van der Waals surface area contributed by atoms with Gasteiger partial charge in [-0.15, -0.1) is 0 Å². The van der Waals surface area contributed by atoms with Crippen LogP contribution < -0.4 is 5.32 Å². The molecule has 1 aromatic heterocycles. The number of pyridine rings is 1. The van der Waals surface area contributed by atoms with Gasteiger partial charge >= 0.3 is 11.7 Å². The highest BCUT2D eigenvalue weighted by Gasteiger charge is 2.27. The molecule has 0 aliphatic heterocycles. The Morgan fingerprint density at radius 2 is 2.32 bits per heavy atom. The molecular weight excluding hydrogens is 250 g/mol. The number of anilines is 1. The quantitative estimate of drug-likeness (QED) is 0.639. The lowest BCUT2D eigenvalue weighted by Crippen LogP contribution is -2.23. The Morgan fingerprint density at radius 3 is 2.84 bits per heavy atom. The van der Waals surface area contributed by atoms with Crippen LogP contribution in [-0.2, 0) is 0 Å². The molecule has 102 valence electrons. The van der Waals surface area contributed by atoms with Gasteiger partial charge in [0.15, 0.2) is 0 Å². The molecule has 0 saturated heterocycles. The zero-order chi connectivity index (χ0) is 14.0. The highest BCUT2D eigenvalue weighted by molar-refractivity contribution is 5.88. The zero-order valence-electron chi connectivity index (χ0n) is 10.5. The molecule has 0 amide bonds. The number of nitrogens with one attached hydrogen (secondary N) is 1. The smallest absolute Gasteiger partial charge is 0.337 e. The van der Waals surface area contributed by atoms with E-state index in [0.717, 1.165) is 31.5 Å². The molecule has 0 bridgehead atoms. The third kappa shape index (κ3) is 2.81. The summed E-state index contributed by atoms with van der Waals surface area (Å²) in [4.78, 5) is 25.1. The molecule has 1 fully saturated rings. The minimum absolute atomic E-state index is 0.147. The summed E-state index contributed by atoms with van der Waals surface area (Å²) >= 11 is 0. The van der Waals surface area contributed by atoms with Crippen molar-refractivity contribution >= 4 is 17.5 Å². The van der Waals surface area contributed by atoms with Crippen LogP contribution in [0, 0.1) is 16.0 Å². The molecule has 19 heavy (non-hydrogen) atoms. The third-order valence-electron chi connectivity index (χ3n) is 3.49. The van der Waals surface area contributed by atoms with E-state index in [-0.39, 0.29) is 23.1 Å². The number of carboxylic acids is 1. The molecule has 2 unspecified atom stereocenters. The van der Waals surface area contributed by atoms with Crippen molar-refractivity contribution in [1.82, 2.24) is 4.98 Å². The van der Waals surface area contributed by atoms with Crippen LogP contribution >= 0.6 is 0 Å². The molecule has 0 radical (unpaired) electrons. The normalized spacial score (nSPS) is 22.2. The van der Waals surface area contributed by atoms with Gasteiger partial charge in [-0.05, 0) is 18.8 Å². The molecule has 2 rings (SSSR count). The number of carbonyl (C=O) groups is 1. The topological polar surface area (TPSA) is 105 Å². The predicted molar refractivity (Wildman–Crippen MR) is 68.3 cm³/mol. The van der Waals surface area contributed by atoms with Gasteiger partial charge in [0.2, 0.25) is 5.82 Å². The second kappa shape index (κ2) is 5.21. The van der Waals surface area contributed by atoms with Crippen LogP contribution in [0.1, 0.15) is 36.5 Å². The lowest BCUT2D eigenvalue weighted by Gasteiger charge is -2.17. The standard InChI is InChI=1S/C12H15N3O4/c1-7-3-2-4-9(7)14-11-10(15(18)19)5-8(6-13-11)12(16)17/h5-7,9H,2-4H2,1H3,(H,13,14)(H,16,17). The van der Waals surface area contributed by atoms with Crippen molar-refractivity contribution < 1.29 is 14.8 Å². The fourth-order valence-electron chi connectivity index (χ4n) is 2.36. The van der Waals surface area contributed by atoms with E-state index >= 15 is 0 Å². The number of rotatable bonds is 4. The van der Waals surface area contributed by atoms with Crippen molar-refractivity contribution in [2.75, 3.05) is 5.32 Å². The minimum atomic E-state index is -1.23. The fourth-order valence-corrected chi connectivity index (χ4v) is 2.36. The number of nitro groups is 1. The summed E-state index contributed by atoms with van der Waals surface area (Å²) in [6.07, 6.45) is 4.25. The van der Waals surface area contributed by atoms with Crippen LogP contribution in [0.3, 0.4) is 0 Å². The summed E-state index contributed by atoms with van der Waals surface area (Å²) in [7, 11) is 0. The monoisotopic (exact) mass is 265 g/mol. The molecular formula is C12H15N3O4. The molecule has 7 nitrogen and oxygen atoms in total. The Morgan fingerprint density at radius 1 is 1.58 bits per heavy atom. The lowest BCUT2D eigenvalue weighted by atomic mass is 10.1. The SMILES string of the molecule is CC1CCCC1Nc1ncc(C(=O)O)cc1[N+](=O)[O-]. The van der Waals surface area contributed by atoms with Gasteiger partial charge in [0.25, 0.3) is 0 Å². The molecule has 1 saturated carbocycles. The molecule has 7 heteroatoms. The summed E-state index contributed by atoms with van der Waals surface area (Å²) in [5.74, 6) is -0.648. The summed E-state index contributed by atoms with van der Waals surface area (Å²) in [6.45, 7) is 2.09. The maximum absolute atomic E-state index is 11.0. The predicted octanol–water partition coefficient (Wildman–Crippen LogP) is 2.29. The molecule has 2 atom stereocenters. The van der Waals surface area contributed by atoms with Crippen molar-refractivity contribution in [3.63, 3.8) is 0 Å². The number of hydrogen-bond donors (Lipinski definition) is 2. The Bertz CT molecular complexity index is 518. The molecule has 0 spiro atoms. The van der Waals surface area contributed by atoms with E-state index in [1.54, 1.807) is 0 Å². The summed E-state index contributed by atoms with van der Waals surface area (Å²) in [5, 5.41) is 22.9. The number of nitrogens with zero attached hydrogens (tertiary/aromatic N) is 2. The number of hydrogen-bond acceptors (Lipinski definition) is 5. The fraction of sp³-hybridized carbons (Fsp3) is 0.500. The molecule has 1 aromatic rings. The van der Waals surface area contributed by atoms with Crippen LogP contribution in [0.15, 0.2) is 12.3 Å². The van der Waals surface area contributed by atoms with Crippen LogP contribution in [0.4, 0.5) is 11.5 Å². The second-order valence-electron chi connectivity index (χ2n) is 4.81. The first-order valence-electron chi connectivity index (χ1n) is 6.13. The van der Waals surface area contributed by atoms with Gasteiger partial charge in [-0.2, -0.15) is 0 Å². The van der Waals surface area contributed by atoms with E-state index in [1.807, 2.05) is 0 Å².